The van der Waals surface area contributed by atoms with Gasteiger partial charge in [0.1, 0.15) is 5.82 Å². The summed E-state index contributed by atoms with van der Waals surface area (Å²) < 4.78 is 4.89. The molecular weight excluding hydrogens is 264 g/mol. The molecule has 19 heavy (non-hydrogen) atoms. The Balaban J connectivity index is 2.06. The standard InChI is InChI=1S/C14H13ClN2O2/c1-2-19-14(18)10-3-8-13(16-9-10)17-12-6-4-11(15)5-7-12/h3-9H,2H2,1H3,(H,16,17). The lowest BCUT2D eigenvalue weighted by molar-refractivity contribution is 0.0526. The number of pyridine rings is 1. The Bertz CT molecular complexity index is 553. The van der Waals surface area contributed by atoms with Crippen molar-refractivity contribution in [3.05, 3.63) is 53.2 Å². The summed E-state index contributed by atoms with van der Waals surface area (Å²) in [5.74, 6) is 0.281. The zero-order chi connectivity index (χ0) is 13.7. The fourth-order valence-corrected chi connectivity index (χ4v) is 1.61. The summed E-state index contributed by atoms with van der Waals surface area (Å²) in [6.45, 7) is 2.12. The van der Waals surface area contributed by atoms with Crippen LogP contribution in [0.5, 0.6) is 0 Å². The second-order valence-corrected chi connectivity index (χ2v) is 4.22. The van der Waals surface area contributed by atoms with Crippen molar-refractivity contribution in [1.82, 2.24) is 4.98 Å². The number of aromatic nitrogens is 1. The van der Waals surface area contributed by atoms with Crippen molar-refractivity contribution in [3.8, 4) is 0 Å². The summed E-state index contributed by atoms with van der Waals surface area (Å²) >= 11 is 5.81. The molecule has 0 aliphatic rings. The molecule has 0 spiro atoms. The van der Waals surface area contributed by atoms with Gasteiger partial charge in [-0.25, -0.2) is 9.78 Å². The van der Waals surface area contributed by atoms with E-state index >= 15 is 0 Å². The Labute approximate surface area is 116 Å². The van der Waals surface area contributed by atoms with Gasteiger partial charge in [0, 0.05) is 16.9 Å². The van der Waals surface area contributed by atoms with E-state index in [2.05, 4.69) is 10.3 Å². The first-order chi connectivity index (χ1) is 9.19. The molecule has 0 bridgehead atoms. The van der Waals surface area contributed by atoms with Crippen molar-refractivity contribution in [2.45, 2.75) is 6.92 Å². The molecule has 4 nitrogen and oxygen atoms in total. The largest absolute Gasteiger partial charge is 0.462 e. The van der Waals surface area contributed by atoms with Gasteiger partial charge >= 0.3 is 5.97 Å². The molecule has 2 rings (SSSR count). The quantitative estimate of drug-likeness (QED) is 0.866. The van der Waals surface area contributed by atoms with Crippen molar-refractivity contribution >= 4 is 29.1 Å². The number of hydrogen-bond donors (Lipinski definition) is 1. The third-order valence-corrected chi connectivity index (χ3v) is 2.64. The summed E-state index contributed by atoms with van der Waals surface area (Å²) in [4.78, 5) is 15.6. The molecule has 0 saturated heterocycles. The van der Waals surface area contributed by atoms with Crippen LogP contribution in [-0.2, 0) is 4.74 Å². The minimum atomic E-state index is -0.368. The molecule has 1 aromatic carbocycles. The van der Waals surface area contributed by atoms with Crippen LogP contribution in [0.4, 0.5) is 11.5 Å². The monoisotopic (exact) mass is 276 g/mol. The van der Waals surface area contributed by atoms with E-state index in [1.54, 1.807) is 31.2 Å². The first-order valence-electron chi connectivity index (χ1n) is 5.85. The second-order valence-electron chi connectivity index (χ2n) is 3.78. The summed E-state index contributed by atoms with van der Waals surface area (Å²) in [5.41, 5.74) is 1.31. The fraction of sp³-hybridized carbons (Fsp3) is 0.143. The van der Waals surface area contributed by atoms with Crippen molar-refractivity contribution < 1.29 is 9.53 Å². The van der Waals surface area contributed by atoms with Crippen molar-refractivity contribution in [2.24, 2.45) is 0 Å². The first kappa shape index (κ1) is 13.4. The van der Waals surface area contributed by atoms with Gasteiger partial charge in [-0.05, 0) is 43.3 Å². The zero-order valence-corrected chi connectivity index (χ0v) is 11.1. The number of esters is 1. The molecule has 2 aromatic rings. The normalized spacial score (nSPS) is 10.0. The molecule has 5 heteroatoms. The summed E-state index contributed by atoms with van der Waals surface area (Å²) in [6.07, 6.45) is 1.48. The van der Waals surface area contributed by atoms with E-state index in [0.29, 0.717) is 23.0 Å². The number of anilines is 2. The van der Waals surface area contributed by atoms with Crippen LogP contribution in [0.2, 0.25) is 5.02 Å². The highest BCUT2D eigenvalue weighted by Crippen LogP contribution is 2.17. The molecule has 0 aliphatic heterocycles. The van der Waals surface area contributed by atoms with E-state index in [4.69, 9.17) is 16.3 Å². The van der Waals surface area contributed by atoms with Gasteiger partial charge < -0.3 is 10.1 Å². The highest BCUT2D eigenvalue weighted by Gasteiger charge is 2.06. The topological polar surface area (TPSA) is 51.2 Å². The molecule has 0 unspecified atom stereocenters. The lowest BCUT2D eigenvalue weighted by Crippen LogP contribution is -2.05. The SMILES string of the molecule is CCOC(=O)c1ccc(Nc2ccc(Cl)cc2)nc1. The first-order valence-corrected chi connectivity index (χ1v) is 6.22. The van der Waals surface area contributed by atoms with Gasteiger partial charge in [-0.15, -0.1) is 0 Å². The van der Waals surface area contributed by atoms with Gasteiger partial charge in [0.25, 0.3) is 0 Å². The average molecular weight is 277 g/mol. The minimum Gasteiger partial charge on any atom is -0.462 e. The van der Waals surface area contributed by atoms with Gasteiger partial charge in [-0.1, -0.05) is 11.6 Å². The lowest BCUT2D eigenvalue weighted by Gasteiger charge is -2.06. The number of rotatable bonds is 4. The molecule has 1 aromatic heterocycles. The molecule has 0 radical (unpaired) electrons. The van der Waals surface area contributed by atoms with Crippen LogP contribution in [0.1, 0.15) is 17.3 Å². The highest BCUT2D eigenvalue weighted by molar-refractivity contribution is 6.30. The van der Waals surface area contributed by atoms with Crippen LogP contribution < -0.4 is 5.32 Å². The third-order valence-electron chi connectivity index (χ3n) is 2.39. The Hall–Kier alpha value is -2.07. The van der Waals surface area contributed by atoms with Crippen LogP contribution in [-0.4, -0.2) is 17.6 Å². The van der Waals surface area contributed by atoms with Crippen molar-refractivity contribution in [1.29, 1.82) is 0 Å². The Morgan fingerprint density at radius 1 is 1.26 bits per heavy atom. The van der Waals surface area contributed by atoms with Crippen LogP contribution in [0, 0.1) is 0 Å². The summed E-state index contributed by atoms with van der Waals surface area (Å²) in [5, 5.41) is 3.78. The van der Waals surface area contributed by atoms with E-state index in [0.717, 1.165) is 5.69 Å². The van der Waals surface area contributed by atoms with E-state index in [9.17, 15) is 4.79 Å². The van der Waals surface area contributed by atoms with Gasteiger partial charge in [0.05, 0.1) is 12.2 Å². The number of nitrogens with zero attached hydrogens (tertiary/aromatic N) is 1. The number of hydrogen-bond acceptors (Lipinski definition) is 4. The van der Waals surface area contributed by atoms with E-state index < -0.39 is 0 Å². The van der Waals surface area contributed by atoms with Crippen molar-refractivity contribution in [2.75, 3.05) is 11.9 Å². The van der Waals surface area contributed by atoms with Gasteiger partial charge in [0.15, 0.2) is 0 Å². The van der Waals surface area contributed by atoms with Crippen LogP contribution in [0.25, 0.3) is 0 Å². The van der Waals surface area contributed by atoms with Crippen LogP contribution in [0.15, 0.2) is 42.6 Å². The number of carbonyl (C=O) groups excluding carboxylic acids is 1. The average Bonchev–Trinajstić information content (AvgIpc) is 2.42. The molecular formula is C14H13ClN2O2. The summed E-state index contributed by atoms with van der Waals surface area (Å²) in [7, 11) is 0. The van der Waals surface area contributed by atoms with Gasteiger partial charge in [0.2, 0.25) is 0 Å². The second kappa shape index (κ2) is 6.20. The number of halogens is 1. The molecule has 0 amide bonds. The maximum absolute atomic E-state index is 11.5. The number of ether oxygens (including phenoxy) is 1. The summed E-state index contributed by atoms with van der Waals surface area (Å²) in [6, 6.07) is 10.7. The highest BCUT2D eigenvalue weighted by atomic mass is 35.5. The van der Waals surface area contributed by atoms with E-state index in [1.807, 2.05) is 12.1 Å². The Morgan fingerprint density at radius 2 is 2.00 bits per heavy atom. The van der Waals surface area contributed by atoms with E-state index in [-0.39, 0.29) is 5.97 Å². The molecule has 1 heterocycles. The number of benzene rings is 1. The molecule has 0 fully saturated rings. The molecule has 0 aliphatic carbocycles. The maximum atomic E-state index is 11.5. The fourth-order valence-electron chi connectivity index (χ4n) is 1.48. The zero-order valence-electron chi connectivity index (χ0n) is 10.4. The maximum Gasteiger partial charge on any atom is 0.339 e. The Kier molecular flexibility index (Phi) is 4.36. The van der Waals surface area contributed by atoms with Crippen LogP contribution >= 0.6 is 11.6 Å². The van der Waals surface area contributed by atoms with Crippen molar-refractivity contribution in [3.63, 3.8) is 0 Å². The number of carbonyl (C=O) groups is 1. The predicted molar refractivity (Wildman–Crippen MR) is 74.9 cm³/mol. The lowest BCUT2D eigenvalue weighted by atomic mass is 10.3. The third kappa shape index (κ3) is 3.69. The van der Waals surface area contributed by atoms with Gasteiger partial charge in [-0.3, -0.25) is 0 Å². The smallest absolute Gasteiger partial charge is 0.339 e. The molecule has 98 valence electrons. The Morgan fingerprint density at radius 3 is 2.58 bits per heavy atom. The molecule has 1 N–H and O–H groups in total. The predicted octanol–water partition coefficient (Wildman–Crippen LogP) is 3.66. The minimum absolute atomic E-state index is 0.351. The van der Waals surface area contributed by atoms with E-state index in [1.165, 1.54) is 6.20 Å². The van der Waals surface area contributed by atoms with Crippen LogP contribution in [0.3, 0.4) is 0 Å². The van der Waals surface area contributed by atoms with Gasteiger partial charge in [-0.2, -0.15) is 0 Å². The molecule has 0 saturated carbocycles. The number of nitrogens with one attached hydrogen (secondary N) is 1. The molecule has 0 atom stereocenters.